The number of benzene rings is 3. The normalized spacial score (nSPS) is 10.7. The summed E-state index contributed by atoms with van der Waals surface area (Å²) in [4.78, 5) is 16.6. The van der Waals surface area contributed by atoms with Crippen LogP contribution in [-0.4, -0.2) is 25.2 Å². The summed E-state index contributed by atoms with van der Waals surface area (Å²) in [5, 5.41) is 4.38. The molecule has 0 fully saturated rings. The Hall–Kier alpha value is -3.38. The van der Waals surface area contributed by atoms with Crippen LogP contribution in [0.15, 0.2) is 77.3 Å². The topological polar surface area (TPSA) is 60.5 Å². The van der Waals surface area contributed by atoms with Crippen molar-refractivity contribution < 1.29 is 14.3 Å². The Labute approximate surface area is 189 Å². The van der Waals surface area contributed by atoms with Crippen LogP contribution < -0.4 is 10.1 Å². The Morgan fingerprint density at radius 2 is 1.74 bits per heavy atom. The summed E-state index contributed by atoms with van der Waals surface area (Å²) in [5.74, 6) is 1.27. The lowest BCUT2D eigenvalue weighted by Gasteiger charge is -2.11. The van der Waals surface area contributed by atoms with Crippen LogP contribution in [0.4, 0.5) is 5.82 Å². The minimum atomic E-state index is -0.348. The summed E-state index contributed by atoms with van der Waals surface area (Å²) >= 11 is 3.63. The highest BCUT2D eigenvalue weighted by Gasteiger charge is 2.09. The lowest BCUT2D eigenvalue weighted by atomic mass is 10.0. The molecule has 1 heterocycles. The number of anilines is 1. The third kappa shape index (κ3) is 4.70. The molecule has 0 aliphatic heterocycles. The molecule has 0 spiro atoms. The zero-order valence-electron chi connectivity index (χ0n) is 17.2. The summed E-state index contributed by atoms with van der Waals surface area (Å²) < 4.78 is 10.9. The molecule has 3 aromatic carbocycles. The first-order valence-corrected chi connectivity index (χ1v) is 10.5. The number of nitrogens with one attached hydrogen (secondary N) is 1. The van der Waals surface area contributed by atoms with Gasteiger partial charge >= 0.3 is 5.97 Å². The fourth-order valence-corrected chi connectivity index (χ4v) is 3.80. The van der Waals surface area contributed by atoms with Crippen LogP contribution in [0.2, 0.25) is 0 Å². The molecule has 0 atom stereocenters. The number of aromatic nitrogens is 1. The van der Waals surface area contributed by atoms with Crippen LogP contribution >= 0.6 is 15.9 Å². The molecule has 0 radical (unpaired) electrons. The molecule has 0 amide bonds. The average molecular weight is 477 g/mol. The van der Waals surface area contributed by atoms with E-state index in [0.717, 1.165) is 43.6 Å². The zero-order chi connectivity index (χ0) is 21.8. The summed E-state index contributed by atoms with van der Waals surface area (Å²) in [6.45, 7) is 0.652. The first-order chi connectivity index (χ1) is 15.1. The number of hydrogen-bond acceptors (Lipinski definition) is 5. The molecule has 1 aromatic heterocycles. The molecule has 31 heavy (non-hydrogen) atoms. The van der Waals surface area contributed by atoms with E-state index >= 15 is 0 Å². The van der Waals surface area contributed by atoms with E-state index in [4.69, 9.17) is 14.5 Å². The number of methoxy groups -OCH3 is 2. The summed E-state index contributed by atoms with van der Waals surface area (Å²) in [6, 6.07) is 23.4. The summed E-state index contributed by atoms with van der Waals surface area (Å²) in [6.07, 6.45) is 0. The number of halogens is 1. The molecular weight excluding hydrogens is 456 g/mol. The van der Waals surface area contributed by atoms with Gasteiger partial charge in [0.25, 0.3) is 0 Å². The highest BCUT2D eigenvalue weighted by atomic mass is 79.9. The third-order valence-electron chi connectivity index (χ3n) is 5.00. The number of fused-ring (bicyclic) bond motifs is 1. The minimum absolute atomic E-state index is 0.348. The van der Waals surface area contributed by atoms with E-state index in [-0.39, 0.29) is 5.97 Å². The van der Waals surface area contributed by atoms with E-state index in [1.165, 1.54) is 7.11 Å². The zero-order valence-corrected chi connectivity index (χ0v) is 18.8. The van der Waals surface area contributed by atoms with Gasteiger partial charge in [0.15, 0.2) is 0 Å². The predicted molar refractivity (Wildman–Crippen MR) is 127 cm³/mol. The smallest absolute Gasteiger partial charge is 0.337 e. The Balaban J connectivity index is 1.58. The molecule has 5 nitrogen and oxygen atoms in total. The van der Waals surface area contributed by atoms with Gasteiger partial charge in [0.05, 0.1) is 29.8 Å². The van der Waals surface area contributed by atoms with Gasteiger partial charge in [-0.1, -0.05) is 30.3 Å². The van der Waals surface area contributed by atoms with E-state index in [0.29, 0.717) is 12.1 Å². The quantitative estimate of drug-likeness (QED) is 0.342. The first kappa shape index (κ1) is 20.9. The van der Waals surface area contributed by atoms with Crippen LogP contribution in [-0.2, 0) is 11.3 Å². The predicted octanol–water partition coefficient (Wildman–Crippen LogP) is 6.07. The maximum absolute atomic E-state index is 11.8. The molecule has 6 heteroatoms. The van der Waals surface area contributed by atoms with Gasteiger partial charge < -0.3 is 14.8 Å². The highest BCUT2D eigenvalue weighted by molar-refractivity contribution is 9.10. The van der Waals surface area contributed by atoms with Crippen molar-refractivity contribution in [1.82, 2.24) is 4.98 Å². The fraction of sp³-hybridized carbons (Fsp3) is 0.120. The molecule has 0 saturated carbocycles. The van der Waals surface area contributed by atoms with Gasteiger partial charge in [-0.05, 0) is 75.1 Å². The van der Waals surface area contributed by atoms with Gasteiger partial charge in [0, 0.05) is 11.9 Å². The van der Waals surface area contributed by atoms with Crippen LogP contribution in [0, 0.1) is 0 Å². The van der Waals surface area contributed by atoms with Crippen molar-refractivity contribution in [3.05, 3.63) is 88.4 Å². The highest BCUT2D eigenvalue weighted by Crippen LogP contribution is 2.30. The number of carbonyl (C=O) groups is 1. The van der Waals surface area contributed by atoms with Gasteiger partial charge in [-0.2, -0.15) is 0 Å². The molecule has 156 valence electrons. The largest absolute Gasteiger partial charge is 0.497 e. The van der Waals surface area contributed by atoms with Crippen LogP contribution in [0.25, 0.3) is 22.0 Å². The van der Waals surface area contributed by atoms with Crippen molar-refractivity contribution in [2.45, 2.75) is 6.54 Å². The van der Waals surface area contributed by atoms with Crippen LogP contribution in [0.1, 0.15) is 15.9 Å². The summed E-state index contributed by atoms with van der Waals surface area (Å²) in [5.41, 5.74) is 4.50. The first-order valence-electron chi connectivity index (χ1n) is 9.73. The monoisotopic (exact) mass is 476 g/mol. The molecule has 0 unspecified atom stereocenters. The second kappa shape index (κ2) is 9.18. The number of hydrogen-bond donors (Lipinski definition) is 1. The van der Waals surface area contributed by atoms with Gasteiger partial charge in [0.2, 0.25) is 0 Å². The number of rotatable bonds is 6. The summed E-state index contributed by atoms with van der Waals surface area (Å²) in [7, 11) is 3.04. The van der Waals surface area contributed by atoms with Gasteiger partial charge in [-0.15, -0.1) is 0 Å². The Kier molecular flexibility index (Phi) is 6.18. The second-order valence-corrected chi connectivity index (χ2v) is 7.85. The fourth-order valence-electron chi connectivity index (χ4n) is 3.33. The van der Waals surface area contributed by atoms with Crippen molar-refractivity contribution in [2.24, 2.45) is 0 Å². The number of pyridine rings is 1. The van der Waals surface area contributed by atoms with Crippen molar-refractivity contribution in [3.63, 3.8) is 0 Å². The Bertz CT molecular complexity index is 1240. The third-order valence-corrected chi connectivity index (χ3v) is 5.61. The molecule has 1 N–H and O–H groups in total. The molecule has 0 aliphatic rings. The SMILES string of the molecule is COC(=O)c1cccc(-c2ccc3nc(NCc4ccc(OC)cc4)c(Br)cc3c2)c1. The lowest BCUT2D eigenvalue weighted by molar-refractivity contribution is 0.0601. The Morgan fingerprint density at radius 3 is 2.48 bits per heavy atom. The standard InChI is InChI=1S/C25H21BrN2O3/c1-30-21-9-6-16(7-10-21)15-27-24-22(26)14-20-13-18(8-11-23(20)28-24)17-4-3-5-19(12-17)25(29)31-2/h3-14H,15H2,1-2H3,(H,27,28). The van der Waals surface area contributed by atoms with E-state index in [1.807, 2.05) is 60.7 Å². The maximum atomic E-state index is 11.8. The lowest BCUT2D eigenvalue weighted by Crippen LogP contribution is -2.02. The van der Waals surface area contributed by atoms with E-state index in [1.54, 1.807) is 13.2 Å². The molecule has 0 saturated heterocycles. The number of nitrogens with zero attached hydrogens (tertiary/aromatic N) is 1. The van der Waals surface area contributed by atoms with Gasteiger partial charge in [-0.25, -0.2) is 9.78 Å². The van der Waals surface area contributed by atoms with Crippen molar-refractivity contribution in [1.29, 1.82) is 0 Å². The second-order valence-electron chi connectivity index (χ2n) is 7.00. The van der Waals surface area contributed by atoms with E-state index in [2.05, 4.69) is 27.3 Å². The van der Waals surface area contributed by atoms with Gasteiger partial charge in [0.1, 0.15) is 11.6 Å². The van der Waals surface area contributed by atoms with E-state index in [9.17, 15) is 4.79 Å². The van der Waals surface area contributed by atoms with Crippen molar-refractivity contribution >= 4 is 38.6 Å². The van der Waals surface area contributed by atoms with Crippen LogP contribution in [0.5, 0.6) is 5.75 Å². The van der Waals surface area contributed by atoms with E-state index < -0.39 is 0 Å². The average Bonchev–Trinajstić information content (AvgIpc) is 2.82. The van der Waals surface area contributed by atoms with Crippen molar-refractivity contribution in [3.8, 4) is 16.9 Å². The molecule has 4 aromatic rings. The number of ether oxygens (including phenoxy) is 2. The Morgan fingerprint density at radius 1 is 0.968 bits per heavy atom. The van der Waals surface area contributed by atoms with Crippen molar-refractivity contribution in [2.75, 3.05) is 19.5 Å². The van der Waals surface area contributed by atoms with Crippen LogP contribution in [0.3, 0.4) is 0 Å². The molecular formula is C25H21BrN2O3. The minimum Gasteiger partial charge on any atom is -0.497 e. The number of esters is 1. The molecule has 0 bridgehead atoms. The van der Waals surface area contributed by atoms with Gasteiger partial charge in [-0.3, -0.25) is 0 Å². The molecule has 4 rings (SSSR count). The number of carbonyl (C=O) groups excluding carboxylic acids is 1. The molecule has 0 aliphatic carbocycles. The maximum Gasteiger partial charge on any atom is 0.337 e.